The van der Waals surface area contributed by atoms with Crippen molar-refractivity contribution in [2.75, 3.05) is 6.54 Å². The smallest absolute Gasteiger partial charge is 0.0703 e. The van der Waals surface area contributed by atoms with Gasteiger partial charge in [-0.05, 0) is 18.1 Å². The minimum Gasteiger partial charge on any atom is -0.391 e. The van der Waals surface area contributed by atoms with Crippen molar-refractivity contribution in [3.63, 3.8) is 0 Å². The molecule has 0 saturated carbocycles. The highest BCUT2D eigenvalue weighted by Gasteiger charge is 2.19. The van der Waals surface area contributed by atoms with Gasteiger partial charge in [-0.25, -0.2) is 0 Å². The molecule has 0 fully saturated rings. The SMILES string of the molecule is C=CCN(Cc1ccccc1)[C@H](/C=C/c1ccccc1)[C@H](C)O. The maximum Gasteiger partial charge on any atom is 0.0703 e. The third-order valence-corrected chi connectivity index (χ3v) is 3.79. The normalized spacial score (nSPS) is 14.0. The number of benzene rings is 2. The molecule has 0 unspecified atom stereocenters. The number of hydrogen-bond donors (Lipinski definition) is 1. The molecule has 0 radical (unpaired) electrons. The van der Waals surface area contributed by atoms with E-state index in [0.29, 0.717) is 0 Å². The van der Waals surface area contributed by atoms with Gasteiger partial charge in [-0.2, -0.15) is 0 Å². The third-order valence-electron chi connectivity index (χ3n) is 3.79. The Kier molecular flexibility index (Phi) is 6.79. The Labute approximate surface area is 139 Å². The van der Waals surface area contributed by atoms with E-state index in [1.165, 1.54) is 5.56 Å². The van der Waals surface area contributed by atoms with Crippen LogP contribution in [0.15, 0.2) is 79.4 Å². The van der Waals surface area contributed by atoms with Crippen LogP contribution in [0.25, 0.3) is 6.08 Å². The van der Waals surface area contributed by atoms with Gasteiger partial charge in [-0.15, -0.1) is 6.58 Å². The van der Waals surface area contributed by atoms with Crippen molar-refractivity contribution in [3.8, 4) is 0 Å². The lowest BCUT2D eigenvalue weighted by Crippen LogP contribution is -2.40. The van der Waals surface area contributed by atoms with Gasteiger partial charge in [0.2, 0.25) is 0 Å². The van der Waals surface area contributed by atoms with Crippen LogP contribution in [0.5, 0.6) is 0 Å². The van der Waals surface area contributed by atoms with E-state index >= 15 is 0 Å². The van der Waals surface area contributed by atoms with Crippen molar-refractivity contribution < 1.29 is 5.11 Å². The molecule has 1 N–H and O–H groups in total. The molecule has 0 aliphatic carbocycles. The summed E-state index contributed by atoms with van der Waals surface area (Å²) < 4.78 is 0. The van der Waals surface area contributed by atoms with E-state index in [0.717, 1.165) is 18.7 Å². The van der Waals surface area contributed by atoms with Crippen LogP contribution in [0.3, 0.4) is 0 Å². The minimum atomic E-state index is -0.460. The Morgan fingerprint density at radius 3 is 2.22 bits per heavy atom. The van der Waals surface area contributed by atoms with Gasteiger partial charge in [0, 0.05) is 13.1 Å². The highest BCUT2D eigenvalue weighted by atomic mass is 16.3. The molecule has 0 aliphatic heterocycles. The fourth-order valence-corrected chi connectivity index (χ4v) is 2.64. The highest BCUT2D eigenvalue weighted by Crippen LogP contribution is 2.14. The summed E-state index contributed by atoms with van der Waals surface area (Å²) in [6.07, 6.45) is 5.57. The molecule has 2 aromatic rings. The molecule has 2 rings (SSSR count). The molecule has 0 spiro atoms. The van der Waals surface area contributed by atoms with Crippen LogP contribution in [0, 0.1) is 0 Å². The predicted octanol–water partition coefficient (Wildman–Crippen LogP) is 4.14. The maximum atomic E-state index is 10.2. The standard InChI is InChI=1S/C21H25NO/c1-3-16-22(17-20-12-8-5-9-13-20)21(18(2)23)15-14-19-10-6-4-7-11-19/h3-15,18,21,23H,1,16-17H2,2H3/b15-14+/t18-,21+/m0/s1. The van der Waals surface area contributed by atoms with E-state index < -0.39 is 6.10 Å². The summed E-state index contributed by atoms with van der Waals surface area (Å²) in [5.41, 5.74) is 2.37. The van der Waals surface area contributed by atoms with Crippen LogP contribution in [0.2, 0.25) is 0 Å². The lowest BCUT2D eigenvalue weighted by Gasteiger charge is -2.31. The minimum absolute atomic E-state index is 0.0617. The molecule has 23 heavy (non-hydrogen) atoms. The number of rotatable bonds is 8. The first-order chi connectivity index (χ1) is 11.2. The Morgan fingerprint density at radius 2 is 1.65 bits per heavy atom. The molecule has 2 atom stereocenters. The van der Waals surface area contributed by atoms with E-state index in [1.807, 2.05) is 49.4 Å². The van der Waals surface area contributed by atoms with Crippen LogP contribution in [0.4, 0.5) is 0 Å². The van der Waals surface area contributed by atoms with Gasteiger partial charge in [-0.3, -0.25) is 4.90 Å². The Balaban J connectivity index is 2.17. The molecule has 0 saturated heterocycles. The average molecular weight is 307 g/mol. The number of nitrogens with zero attached hydrogens (tertiary/aromatic N) is 1. The molecule has 2 heteroatoms. The first-order valence-corrected chi connectivity index (χ1v) is 8.01. The summed E-state index contributed by atoms with van der Waals surface area (Å²) >= 11 is 0. The molecular weight excluding hydrogens is 282 g/mol. The van der Waals surface area contributed by atoms with Crippen LogP contribution < -0.4 is 0 Å². The van der Waals surface area contributed by atoms with Crippen molar-refractivity contribution in [3.05, 3.63) is 90.5 Å². The molecule has 2 nitrogen and oxygen atoms in total. The largest absolute Gasteiger partial charge is 0.391 e. The quantitative estimate of drug-likeness (QED) is 0.741. The van der Waals surface area contributed by atoms with Gasteiger partial charge < -0.3 is 5.11 Å². The fourth-order valence-electron chi connectivity index (χ4n) is 2.64. The van der Waals surface area contributed by atoms with Gasteiger partial charge in [0.15, 0.2) is 0 Å². The summed E-state index contributed by atoms with van der Waals surface area (Å²) in [6.45, 7) is 7.19. The zero-order chi connectivity index (χ0) is 16.5. The molecule has 0 amide bonds. The molecular formula is C21H25NO. The summed E-state index contributed by atoms with van der Waals surface area (Å²) in [7, 11) is 0. The Hall–Kier alpha value is -2.16. The third kappa shape index (κ3) is 5.51. The fraction of sp³-hybridized carbons (Fsp3) is 0.238. The Morgan fingerprint density at radius 1 is 1.04 bits per heavy atom. The van der Waals surface area contributed by atoms with Gasteiger partial charge >= 0.3 is 0 Å². The van der Waals surface area contributed by atoms with Crippen LogP contribution in [-0.4, -0.2) is 28.7 Å². The number of aliphatic hydroxyl groups is 1. The second-order valence-electron chi connectivity index (χ2n) is 5.70. The van der Waals surface area contributed by atoms with E-state index in [4.69, 9.17) is 0 Å². The van der Waals surface area contributed by atoms with Gasteiger partial charge in [0.25, 0.3) is 0 Å². The molecule has 0 aromatic heterocycles. The second kappa shape index (κ2) is 9.09. The Bertz CT molecular complexity index is 604. The molecule has 0 heterocycles. The second-order valence-corrected chi connectivity index (χ2v) is 5.70. The van der Waals surface area contributed by atoms with Crippen molar-refractivity contribution in [1.29, 1.82) is 0 Å². The van der Waals surface area contributed by atoms with E-state index in [9.17, 15) is 5.11 Å². The van der Waals surface area contributed by atoms with Crippen molar-refractivity contribution in [1.82, 2.24) is 4.90 Å². The number of hydrogen-bond acceptors (Lipinski definition) is 2. The van der Waals surface area contributed by atoms with Crippen LogP contribution in [-0.2, 0) is 6.54 Å². The van der Waals surface area contributed by atoms with Crippen LogP contribution in [0.1, 0.15) is 18.1 Å². The number of aliphatic hydroxyl groups excluding tert-OH is 1. The van der Waals surface area contributed by atoms with E-state index in [1.54, 1.807) is 0 Å². The average Bonchev–Trinajstić information content (AvgIpc) is 2.57. The molecule has 0 bridgehead atoms. The summed E-state index contributed by atoms with van der Waals surface area (Å²) in [4.78, 5) is 2.23. The van der Waals surface area contributed by atoms with Crippen LogP contribution >= 0.6 is 0 Å². The maximum absolute atomic E-state index is 10.2. The molecule has 2 aromatic carbocycles. The summed E-state index contributed by atoms with van der Waals surface area (Å²) in [6, 6.07) is 20.4. The molecule has 120 valence electrons. The van der Waals surface area contributed by atoms with Crippen molar-refractivity contribution in [2.45, 2.75) is 25.6 Å². The lowest BCUT2D eigenvalue weighted by atomic mass is 10.1. The lowest BCUT2D eigenvalue weighted by molar-refractivity contribution is 0.0896. The topological polar surface area (TPSA) is 23.5 Å². The zero-order valence-corrected chi connectivity index (χ0v) is 13.7. The highest BCUT2D eigenvalue weighted by molar-refractivity contribution is 5.49. The van der Waals surface area contributed by atoms with Gasteiger partial charge in [0.05, 0.1) is 12.1 Å². The van der Waals surface area contributed by atoms with Crippen molar-refractivity contribution in [2.24, 2.45) is 0 Å². The van der Waals surface area contributed by atoms with Gasteiger partial charge in [-0.1, -0.05) is 78.9 Å². The first kappa shape index (κ1) is 17.2. The monoisotopic (exact) mass is 307 g/mol. The first-order valence-electron chi connectivity index (χ1n) is 8.01. The zero-order valence-electron chi connectivity index (χ0n) is 13.7. The molecule has 0 aliphatic rings. The van der Waals surface area contributed by atoms with Gasteiger partial charge in [0.1, 0.15) is 0 Å². The predicted molar refractivity (Wildman–Crippen MR) is 98.0 cm³/mol. The summed E-state index contributed by atoms with van der Waals surface area (Å²) in [5.74, 6) is 0. The summed E-state index contributed by atoms with van der Waals surface area (Å²) in [5, 5.41) is 10.2. The van der Waals surface area contributed by atoms with E-state index in [2.05, 4.69) is 47.9 Å². The van der Waals surface area contributed by atoms with E-state index in [-0.39, 0.29) is 6.04 Å². The van der Waals surface area contributed by atoms with Crippen molar-refractivity contribution >= 4 is 6.08 Å².